The Hall–Kier alpha value is -2.05. The molecule has 1 aromatic carbocycles. The van der Waals surface area contributed by atoms with Crippen LogP contribution in [0.1, 0.15) is 17.5 Å². The largest absolute Gasteiger partial charge is 0.377 e. The van der Waals surface area contributed by atoms with Crippen molar-refractivity contribution >= 4 is 5.82 Å². The third kappa shape index (κ3) is 4.47. The van der Waals surface area contributed by atoms with Crippen LogP contribution in [0.3, 0.4) is 0 Å². The molecule has 112 valence electrons. The molecule has 21 heavy (non-hydrogen) atoms. The molecule has 0 saturated heterocycles. The van der Waals surface area contributed by atoms with Crippen molar-refractivity contribution in [2.45, 2.75) is 19.0 Å². The first-order valence-corrected chi connectivity index (χ1v) is 6.54. The Morgan fingerprint density at radius 2 is 1.95 bits per heavy atom. The zero-order valence-corrected chi connectivity index (χ0v) is 11.4. The summed E-state index contributed by atoms with van der Waals surface area (Å²) in [5.41, 5.74) is 3.08. The molecular formula is C15H17F2N3O. The molecule has 0 radical (unpaired) electrons. The number of nitrogen functional groups attached to an aromatic ring is 1. The molecular weight excluding hydrogens is 276 g/mol. The minimum atomic E-state index is -2.98. The van der Waals surface area contributed by atoms with Crippen molar-refractivity contribution in [2.24, 2.45) is 5.84 Å². The van der Waals surface area contributed by atoms with Gasteiger partial charge in [-0.2, -0.15) is 0 Å². The Kier molecular flexibility index (Phi) is 5.19. The number of nitrogens with zero attached hydrogens (tertiary/aromatic N) is 1. The van der Waals surface area contributed by atoms with Gasteiger partial charge in [-0.15, -0.1) is 0 Å². The van der Waals surface area contributed by atoms with Crippen LogP contribution < -0.4 is 11.3 Å². The van der Waals surface area contributed by atoms with E-state index in [0.717, 1.165) is 5.56 Å². The predicted octanol–water partition coefficient (Wildman–Crippen LogP) is 3.07. The van der Waals surface area contributed by atoms with E-state index < -0.39 is 12.3 Å². The lowest BCUT2D eigenvalue weighted by Gasteiger charge is -2.17. The molecule has 1 aromatic heterocycles. The van der Waals surface area contributed by atoms with E-state index in [2.05, 4.69) is 10.4 Å². The normalized spacial score (nSPS) is 11.4. The Balaban J connectivity index is 1.86. The third-order valence-corrected chi connectivity index (χ3v) is 3.00. The number of anilines is 1. The first-order valence-electron chi connectivity index (χ1n) is 6.54. The second-order valence-electron chi connectivity index (χ2n) is 4.57. The van der Waals surface area contributed by atoms with Crippen LogP contribution in [0.4, 0.5) is 14.6 Å². The van der Waals surface area contributed by atoms with Crippen LogP contribution in [0.25, 0.3) is 0 Å². The van der Waals surface area contributed by atoms with Crippen LogP contribution in [0.15, 0.2) is 48.7 Å². The molecule has 0 unspecified atom stereocenters. The topological polar surface area (TPSA) is 60.2 Å². The summed E-state index contributed by atoms with van der Waals surface area (Å²) < 4.78 is 33.3. The molecule has 0 spiro atoms. The van der Waals surface area contributed by atoms with Gasteiger partial charge in [-0.1, -0.05) is 30.3 Å². The average Bonchev–Trinajstić information content (AvgIpc) is 2.53. The van der Waals surface area contributed by atoms with Crippen LogP contribution in [-0.4, -0.2) is 11.6 Å². The van der Waals surface area contributed by atoms with Crippen molar-refractivity contribution in [3.8, 4) is 0 Å². The quantitative estimate of drug-likeness (QED) is 0.468. The summed E-state index contributed by atoms with van der Waals surface area (Å²) in [7, 11) is 0. The second kappa shape index (κ2) is 7.10. The zero-order chi connectivity index (χ0) is 15.1. The van der Waals surface area contributed by atoms with Gasteiger partial charge in [0, 0.05) is 18.2 Å². The highest BCUT2D eigenvalue weighted by atomic mass is 19.3. The third-order valence-electron chi connectivity index (χ3n) is 3.00. The Morgan fingerprint density at radius 3 is 2.67 bits per heavy atom. The molecule has 0 aliphatic carbocycles. The summed E-state index contributed by atoms with van der Waals surface area (Å²) in [6, 6.07) is 11.9. The zero-order valence-electron chi connectivity index (χ0n) is 11.4. The molecule has 0 fully saturated rings. The van der Waals surface area contributed by atoms with Gasteiger partial charge in [0.1, 0.15) is 5.82 Å². The van der Waals surface area contributed by atoms with Crippen LogP contribution >= 0.6 is 0 Å². The Morgan fingerprint density at radius 1 is 1.19 bits per heavy atom. The highest BCUT2D eigenvalue weighted by molar-refractivity contribution is 5.37. The van der Waals surface area contributed by atoms with Gasteiger partial charge in [0.05, 0.1) is 13.2 Å². The number of pyridine rings is 1. The molecule has 4 nitrogen and oxygen atoms in total. The van der Waals surface area contributed by atoms with Gasteiger partial charge in [0.25, 0.3) is 5.92 Å². The van der Waals surface area contributed by atoms with E-state index >= 15 is 0 Å². The van der Waals surface area contributed by atoms with Gasteiger partial charge < -0.3 is 10.2 Å². The molecule has 3 N–H and O–H groups in total. The van der Waals surface area contributed by atoms with Crippen molar-refractivity contribution < 1.29 is 13.5 Å². The summed E-state index contributed by atoms with van der Waals surface area (Å²) in [5.74, 6) is 2.39. The minimum Gasteiger partial charge on any atom is -0.377 e. The smallest absolute Gasteiger partial charge is 0.275 e. The van der Waals surface area contributed by atoms with Gasteiger partial charge in [0.2, 0.25) is 0 Å². The molecule has 0 saturated carbocycles. The van der Waals surface area contributed by atoms with Crippen molar-refractivity contribution in [3.63, 3.8) is 0 Å². The number of ether oxygens (including phenoxy) is 1. The van der Waals surface area contributed by atoms with E-state index in [0.29, 0.717) is 6.61 Å². The maximum atomic E-state index is 14.0. The van der Waals surface area contributed by atoms with Crippen molar-refractivity contribution in [1.82, 2.24) is 4.98 Å². The van der Waals surface area contributed by atoms with E-state index in [-0.39, 0.29) is 18.0 Å². The van der Waals surface area contributed by atoms with Crippen LogP contribution in [0.5, 0.6) is 0 Å². The summed E-state index contributed by atoms with van der Waals surface area (Å²) in [6.45, 7) is 0.290. The van der Waals surface area contributed by atoms with E-state index in [9.17, 15) is 8.78 Å². The predicted molar refractivity (Wildman–Crippen MR) is 76.7 cm³/mol. The number of rotatable bonds is 7. The van der Waals surface area contributed by atoms with Gasteiger partial charge in [-0.05, 0) is 17.7 Å². The van der Waals surface area contributed by atoms with Gasteiger partial charge in [-0.3, -0.25) is 0 Å². The number of hydrogen-bond acceptors (Lipinski definition) is 4. The number of nitrogens with one attached hydrogen (secondary N) is 1. The van der Waals surface area contributed by atoms with Gasteiger partial charge in [0.15, 0.2) is 0 Å². The summed E-state index contributed by atoms with van der Waals surface area (Å²) in [5, 5.41) is 0. The number of benzene rings is 1. The molecule has 1 heterocycles. The minimum absolute atomic E-state index is 0.0321. The highest BCUT2D eigenvalue weighted by Gasteiger charge is 2.31. The van der Waals surface area contributed by atoms with Crippen LogP contribution in [0, 0.1) is 0 Å². The number of alkyl halides is 2. The SMILES string of the molecule is NNc1cc(C(F)(F)CCOCc2ccccc2)ccn1. The average molecular weight is 293 g/mol. The molecule has 0 aliphatic rings. The first-order chi connectivity index (χ1) is 10.1. The summed E-state index contributed by atoms with van der Waals surface area (Å²) >= 11 is 0. The van der Waals surface area contributed by atoms with E-state index in [1.807, 2.05) is 30.3 Å². The lowest BCUT2D eigenvalue weighted by atomic mass is 10.1. The number of nitrogens with two attached hydrogens (primary N) is 1. The molecule has 0 atom stereocenters. The van der Waals surface area contributed by atoms with Crippen LogP contribution in [0.2, 0.25) is 0 Å². The second-order valence-corrected chi connectivity index (χ2v) is 4.57. The van der Waals surface area contributed by atoms with E-state index in [1.165, 1.54) is 18.3 Å². The number of hydrazine groups is 1. The molecule has 2 aromatic rings. The maximum Gasteiger partial charge on any atom is 0.275 e. The first kappa shape index (κ1) is 15.3. The Labute approximate surface area is 121 Å². The van der Waals surface area contributed by atoms with Crippen molar-refractivity contribution in [1.29, 1.82) is 0 Å². The monoisotopic (exact) mass is 293 g/mol. The molecule has 2 rings (SSSR count). The standard InChI is InChI=1S/C15H17F2N3O/c16-15(17,13-6-8-19-14(10-13)20-18)7-9-21-11-12-4-2-1-3-5-12/h1-6,8,10H,7,9,11,18H2,(H,19,20). The van der Waals surface area contributed by atoms with Gasteiger partial charge in [-0.25, -0.2) is 19.6 Å². The number of hydrogen-bond donors (Lipinski definition) is 2. The van der Waals surface area contributed by atoms with E-state index in [1.54, 1.807) is 0 Å². The lowest BCUT2D eigenvalue weighted by molar-refractivity contribution is -0.0409. The molecule has 0 aliphatic heterocycles. The lowest BCUT2D eigenvalue weighted by Crippen LogP contribution is -2.18. The number of halogens is 2. The number of aromatic nitrogens is 1. The van der Waals surface area contributed by atoms with Crippen LogP contribution in [-0.2, 0) is 17.3 Å². The molecule has 0 bridgehead atoms. The van der Waals surface area contributed by atoms with Gasteiger partial charge >= 0.3 is 0 Å². The van der Waals surface area contributed by atoms with E-state index in [4.69, 9.17) is 10.6 Å². The molecule has 0 amide bonds. The summed E-state index contributed by atoms with van der Waals surface area (Å²) in [4.78, 5) is 3.81. The Bertz CT molecular complexity index is 564. The fourth-order valence-electron chi connectivity index (χ4n) is 1.85. The fraction of sp³-hybridized carbons (Fsp3) is 0.267. The summed E-state index contributed by atoms with van der Waals surface area (Å²) in [6.07, 6.45) is 0.900. The molecule has 6 heteroatoms. The maximum absolute atomic E-state index is 14.0. The van der Waals surface area contributed by atoms with Crippen molar-refractivity contribution in [2.75, 3.05) is 12.0 Å². The van der Waals surface area contributed by atoms with Crippen molar-refractivity contribution in [3.05, 3.63) is 59.8 Å². The highest BCUT2D eigenvalue weighted by Crippen LogP contribution is 2.32. The fourth-order valence-corrected chi connectivity index (χ4v) is 1.85.